The lowest BCUT2D eigenvalue weighted by molar-refractivity contribution is -0.120. The molecule has 2 aliphatic rings. The molecule has 1 aliphatic carbocycles. The van der Waals surface area contributed by atoms with Crippen LogP contribution in [0.1, 0.15) is 36.0 Å². The molecule has 10 heteroatoms. The largest absolute Gasteiger partial charge is 0.456 e. The molecule has 0 aromatic heterocycles. The van der Waals surface area contributed by atoms with Gasteiger partial charge in [0.15, 0.2) is 0 Å². The van der Waals surface area contributed by atoms with E-state index in [2.05, 4.69) is 15.3 Å². The van der Waals surface area contributed by atoms with Crippen molar-refractivity contribution in [2.24, 2.45) is 5.11 Å². The van der Waals surface area contributed by atoms with Gasteiger partial charge in [-0.15, -0.1) is 0 Å². The van der Waals surface area contributed by atoms with Gasteiger partial charge < -0.3 is 19.4 Å². The van der Waals surface area contributed by atoms with Crippen LogP contribution in [0.2, 0.25) is 0 Å². The third kappa shape index (κ3) is 6.85. The Balaban J connectivity index is 1.72. The topological polar surface area (TPSA) is 124 Å². The molecule has 1 aliphatic heterocycles. The molecule has 2 aromatic carbocycles. The second-order valence-corrected chi connectivity index (χ2v) is 10.2. The molecular formula is C31H35N6O4+. The van der Waals surface area contributed by atoms with Crippen LogP contribution in [0.5, 0.6) is 5.75 Å². The number of fused-ring (bicyclic) bond motifs is 2. The molecule has 1 amide bonds. The van der Waals surface area contributed by atoms with Crippen molar-refractivity contribution in [1.29, 1.82) is 0 Å². The average Bonchev–Trinajstić information content (AvgIpc) is 2.96. The number of ether oxygens (including phenoxy) is 1. The van der Waals surface area contributed by atoms with Crippen LogP contribution >= 0.6 is 0 Å². The maximum Gasteiger partial charge on any atom is 0.298 e. The van der Waals surface area contributed by atoms with Gasteiger partial charge in [0, 0.05) is 77.6 Å². The number of rotatable bonds is 12. The Morgan fingerprint density at radius 1 is 1.05 bits per heavy atom. The van der Waals surface area contributed by atoms with E-state index in [0.717, 1.165) is 53.2 Å². The standard InChI is InChI=1S/C31H34N6O4/c1-36(2)22-10-13-25-28(18-22)41-29-19-23(37(3)4)11-14-26(29)30(25)24-12-9-21(17-27(24)40-20-38)31(39)33-15-7-5-6-8-16-34-35-32/h9-14,17-20H,5-8,15-16H2,1-4H3/p+1. The second-order valence-electron chi connectivity index (χ2n) is 10.2. The first-order chi connectivity index (χ1) is 19.8. The maximum atomic E-state index is 12.9. The van der Waals surface area contributed by atoms with Crippen molar-refractivity contribution >= 4 is 29.0 Å². The summed E-state index contributed by atoms with van der Waals surface area (Å²) in [6, 6.07) is 17.2. The average molecular weight is 556 g/mol. The van der Waals surface area contributed by atoms with Crippen molar-refractivity contribution in [1.82, 2.24) is 9.89 Å². The van der Waals surface area contributed by atoms with Gasteiger partial charge in [0.1, 0.15) is 31.2 Å². The third-order valence-corrected chi connectivity index (χ3v) is 6.94. The van der Waals surface area contributed by atoms with Crippen molar-refractivity contribution in [3.63, 3.8) is 0 Å². The number of hydrogen-bond acceptors (Lipinski definition) is 6. The molecule has 0 bridgehead atoms. The van der Waals surface area contributed by atoms with Crippen LogP contribution in [0.25, 0.3) is 43.9 Å². The highest BCUT2D eigenvalue weighted by Gasteiger charge is 2.22. The Morgan fingerprint density at radius 3 is 2.56 bits per heavy atom. The van der Waals surface area contributed by atoms with Gasteiger partial charge in [-0.25, -0.2) is 4.58 Å². The Bertz CT molecular complexity index is 1650. The van der Waals surface area contributed by atoms with Crippen LogP contribution in [0.4, 0.5) is 5.69 Å². The van der Waals surface area contributed by atoms with Gasteiger partial charge in [-0.1, -0.05) is 18.0 Å². The minimum absolute atomic E-state index is 0.245. The summed E-state index contributed by atoms with van der Waals surface area (Å²) in [5, 5.41) is 8.31. The molecule has 0 saturated heterocycles. The molecule has 1 N–H and O–H groups in total. The van der Waals surface area contributed by atoms with Gasteiger partial charge >= 0.3 is 0 Å². The van der Waals surface area contributed by atoms with Gasteiger partial charge in [-0.3, -0.25) is 9.59 Å². The van der Waals surface area contributed by atoms with Crippen molar-refractivity contribution in [2.45, 2.75) is 25.7 Å². The molecule has 0 spiro atoms. The number of amides is 1. The van der Waals surface area contributed by atoms with Crippen LogP contribution in [0, 0.1) is 0 Å². The van der Waals surface area contributed by atoms with Crippen LogP contribution in [0.15, 0.2) is 64.1 Å². The summed E-state index contributed by atoms with van der Waals surface area (Å²) in [5.74, 6) is 0.728. The van der Waals surface area contributed by atoms with E-state index in [0.29, 0.717) is 42.0 Å². The van der Waals surface area contributed by atoms with E-state index in [1.807, 2.05) is 80.1 Å². The fraction of sp³-hybridized carbons (Fsp3) is 0.323. The van der Waals surface area contributed by atoms with E-state index >= 15 is 0 Å². The normalized spacial score (nSPS) is 10.7. The number of azide groups is 1. The van der Waals surface area contributed by atoms with Crippen LogP contribution < -0.4 is 24.9 Å². The molecule has 0 radical (unpaired) electrons. The number of carbonyl (C=O) groups is 2. The van der Waals surface area contributed by atoms with Crippen molar-refractivity contribution in [3.8, 4) is 28.2 Å². The van der Waals surface area contributed by atoms with E-state index in [9.17, 15) is 9.59 Å². The highest BCUT2D eigenvalue weighted by molar-refractivity contribution is 6.05. The second kappa shape index (κ2) is 13.5. The number of hydrogen-bond donors (Lipinski definition) is 1. The van der Waals surface area contributed by atoms with E-state index in [-0.39, 0.29) is 11.7 Å². The Kier molecular flexibility index (Phi) is 9.60. The summed E-state index contributed by atoms with van der Waals surface area (Å²) in [6.07, 6.45) is 3.49. The van der Waals surface area contributed by atoms with Gasteiger partial charge in [0.25, 0.3) is 12.4 Å². The predicted octanol–water partition coefficient (Wildman–Crippen LogP) is 5.44. The first kappa shape index (κ1) is 29.2. The Labute approximate surface area is 238 Å². The number of benzene rings is 3. The Hall–Kier alpha value is -4.82. The quantitative estimate of drug-likeness (QED) is 0.0474. The maximum absolute atomic E-state index is 12.9. The first-order valence-corrected chi connectivity index (χ1v) is 13.6. The zero-order valence-corrected chi connectivity index (χ0v) is 23.9. The van der Waals surface area contributed by atoms with E-state index < -0.39 is 0 Å². The predicted molar refractivity (Wildman–Crippen MR) is 161 cm³/mol. The van der Waals surface area contributed by atoms with Crippen LogP contribution in [0.3, 0.4) is 0 Å². The Morgan fingerprint density at radius 2 is 1.83 bits per heavy atom. The van der Waals surface area contributed by atoms with Gasteiger partial charge in [0.2, 0.25) is 5.36 Å². The van der Waals surface area contributed by atoms with Gasteiger partial charge in [0.05, 0.1) is 6.07 Å². The summed E-state index contributed by atoms with van der Waals surface area (Å²) in [6.45, 7) is 1.38. The molecule has 0 atom stereocenters. The first-order valence-electron chi connectivity index (χ1n) is 13.6. The van der Waals surface area contributed by atoms with E-state index in [1.54, 1.807) is 12.1 Å². The summed E-state index contributed by atoms with van der Waals surface area (Å²) in [4.78, 5) is 29.2. The molecule has 4 rings (SSSR count). The molecular weight excluding hydrogens is 520 g/mol. The van der Waals surface area contributed by atoms with Crippen molar-refractivity contribution < 1.29 is 18.7 Å². The fourth-order valence-corrected chi connectivity index (χ4v) is 4.74. The molecule has 0 saturated carbocycles. The third-order valence-electron chi connectivity index (χ3n) is 6.94. The number of nitrogens with zero attached hydrogens (tertiary/aromatic N) is 5. The number of anilines is 1. The molecule has 41 heavy (non-hydrogen) atoms. The molecule has 212 valence electrons. The lowest BCUT2D eigenvalue weighted by Crippen LogP contribution is -2.24. The summed E-state index contributed by atoms with van der Waals surface area (Å²) < 4.78 is 13.9. The van der Waals surface area contributed by atoms with Gasteiger partial charge in [-0.05, 0) is 54.8 Å². The van der Waals surface area contributed by atoms with E-state index in [4.69, 9.17) is 14.7 Å². The molecule has 0 fully saturated rings. The van der Waals surface area contributed by atoms with Crippen molar-refractivity contribution in [3.05, 3.63) is 76.0 Å². The van der Waals surface area contributed by atoms with Gasteiger partial charge in [-0.2, -0.15) is 0 Å². The number of nitrogens with one attached hydrogen (secondary N) is 1. The molecule has 0 unspecified atom stereocenters. The smallest absolute Gasteiger partial charge is 0.298 e. The minimum atomic E-state index is -0.245. The van der Waals surface area contributed by atoms with E-state index in [1.165, 1.54) is 0 Å². The zero-order valence-electron chi connectivity index (χ0n) is 23.9. The summed E-state index contributed by atoms with van der Waals surface area (Å²) in [5.41, 5.74) is 12.8. The van der Waals surface area contributed by atoms with Crippen LogP contribution in [-0.4, -0.2) is 53.7 Å². The minimum Gasteiger partial charge on any atom is -0.456 e. The molecule has 10 nitrogen and oxygen atoms in total. The SMILES string of the molecule is CN(C)c1ccc2c(-c3ccc(C(=O)NCCCCCCN=[N+]=[N-])cc3OC=O)c3ccc(=[N+](C)C)cc-3oc2c1. The molecule has 2 aromatic rings. The lowest BCUT2D eigenvalue weighted by atomic mass is 9.92. The van der Waals surface area contributed by atoms with Crippen LogP contribution in [-0.2, 0) is 4.79 Å². The summed E-state index contributed by atoms with van der Waals surface area (Å²) >= 11 is 0. The highest BCUT2D eigenvalue weighted by Crippen LogP contribution is 2.44. The zero-order chi connectivity index (χ0) is 29.4. The molecule has 1 heterocycles. The highest BCUT2D eigenvalue weighted by atomic mass is 16.5. The monoisotopic (exact) mass is 555 g/mol. The summed E-state index contributed by atoms with van der Waals surface area (Å²) in [7, 11) is 7.89. The number of carbonyl (C=O) groups excluding carboxylic acids is 2. The lowest BCUT2D eigenvalue weighted by Gasteiger charge is -2.19. The number of unbranched alkanes of at least 4 members (excludes halogenated alkanes) is 3. The fourth-order valence-electron chi connectivity index (χ4n) is 4.74. The van der Waals surface area contributed by atoms with Crippen molar-refractivity contribution in [2.75, 3.05) is 46.2 Å².